The first-order valence-corrected chi connectivity index (χ1v) is 7.65. The van der Waals surface area contributed by atoms with Crippen LogP contribution in [0, 0.1) is 11.8 Å². The molecule has 4 heteroatoms. The number of hydrogen-bond donors (Lipinski definition) is 1. The van der Waals surface area contributed by atoms with Crippen LogP contribution in [0.5, 0.6) is 0 Å². The lowest BCUT2D eigenvalue weighted by Gasteiger charge is -2.04. The second kappa shape index (κ2) is 4.52. The summed E-state index contributed by atoms with van der Waals surface area (Å²) in [4.78, 5) is 0. The van der Waals surface area contributed by atoms with Crippen molar-refractivity contribution in [1.82, 2.24) is 5.16 Å². The Hall–Kier alpha value is -1.48. The largest absolute Gasteiger partial charge is 0.380 e. The Morgan fingerprint density at radius 2 is 1.85 bits per heavy atom. The molecular weight excluding hydrogens is 272 g/mol. The zero-order chi connectivity index (χ0) is 13.7. The highest BCUT2D eigenvalue weighted by atomic mass is 35.5. The lowest BCUT2D eigenvalue weighted by Crippen LogP contribution is -1.91. The molecule has 0 aliphatic heterocycles. The van der Waals surface area contributed by atoms with Crippen molar-refractivity contribution in [2.24, 2.45) is 11.8 Å². The van der Waals surface area contributed by atoms with Gasteiger partial charge in [0.1, 0.15) is 5.76 Å². The van der Waals surface area contributed by atoms with Crippen molar-refractivity contribution in [2.45, 2.75) is 31.6 Å². The zero-order valence-corrected chi connectivity index (χ0v) is 11.9. The van der Waals surface area contributed by atoms with Gasteiger partial charge in [0.05, 0.1) is 5.56 Å². The summed E-state index contributed by atoms with van der Waals surface area (Å²) < 4.78 is 5.59. The molecule has 4 rings (SSSR count). The molecule has 2 unspecified atom stereocenters. The molecule has 20 heavy (non-hydrogen) atoms. The first-order valence-electron chi connectivity index (χ1n) is 7.27. The number of nitrogen functional groups attached to an aromatic ring is 1. The van der Waals surface area contributed by atoms with Crippen molar-refractivity contribution in [3.05, 3.63) is 35.0 Å². The SMILES string of the molecule is Nc1noc(C2C3CCCCC32)c1-c1ccccc1Cl. The fraction of sp³-hybridized carbons (Fsp3) is 0.438. The summed E-state index contributed by atoms with van der Waals surface area (Å²) in [5.74, 6) is 3.42. The molecule has 2 saturated carbocycles. The highest BCUT2D eigenvalue weighted by Crippen LogP contribution is 2.63. The minimum atomic E-state index is 0.455. The van der Waals surface area contributed by atoms with Crippen molar-refractivity contribution < 1.29 is 4.52 Å². The van der Waals surface area contributed by atoms with Crippen LogP contribution < -0.4 is 5.73 Å². The van der Waals surface area contributed by atoms with Gasteiger partial charge in [-0.25, -0.2) is 0 Å². The molecule has 0 radical (unpaired) electrons. The van der Waals surface area contributed by atoms with E-state index < -0.39 is 0 Å². The van der Waals surface area contributed by atoms with Gasteiger partial charge in [-0.2, -0.15) is 0 Å². The lowest BCUT2D eigenvalue weighted by molar-refractivity contribution is 0.381. The summed E-state index contributed by atoms with van der Waals surface area (Å²) in [6.45, 7) is 0. The van der Waals surface area contributed by atoms with Gasteiger partial charge in [-0.05, 0) is 30.7 Å². The van der Waals surface area contributed by atoms with Gasteiger partial charge in [-0.15, -0.1) is 0 Å². The van der Waals surface area contributed by atoms with Crippen molar-refractivity contribution in [3.8, 4) is 11.1 Å². The molecular formula is C16H17ClN2O. The Labute approximate surface area is 123 Å². The smallest absolute Gasteiger partial charge is 0.175 e. The summed E-state index contributed by atoms with van der Waals surface area (Å²) in [5.41, 5.74) is 7.88. The molecule has 1 aromatic heterocycles. The quantitative estimate of drug-likeness (QED) is 0.886. The van der Waals surface area contributed by atoms with Crippen LogP contribution in [0.1, 0.15) is 37.4 Å². The lowest BCUT2D eigenvalue weighted by atomic mass is 10.0. The Morgan fingerprint density at radius 1 is 1.15 bits per heavy atom. The average molecular weight is 289 g/mol. The Balaban J connectivity index is 1.78. The molecule has 0 spiro atoms. The maximum atomic E-state index is 6.31. The summed E-state index contributed by atoms with van der Waals surface area (Å²) in [7, 11) is 0. The number of nitrogens with two attached hydrogens (primary N) is 1. The predicted octanol–water partition coefficient (Wildman–Crippen LogP) is 4.48. The Morgan fingerprint density at radius 3 is 2.55 bits per heavy atom. The van der Waals surface area contributed by atoms with E-state index in [1.165, 1.54) is 25.7 Å². The van der Waals surface area contributed by atoms with Crippen molar-refractivity contribution in [3.63, 3.8) is 0 Å². The van der Waals surface area contributed by atoms with Crippen LogP contribution in [0.15, 0.2) is 28.8 Å². The first-order chi connectivity index (χ1) is 9.77. The molecule has 1 aromatic carbocycles. The predicted molar refractivity (Wildman–Crippen MR) is 79.6 cm³/mol. The van der Waals surface area contributed by atoms with Gasteiger partial charge in [-0.3, -0.25) is 0 Å². The van der Waals surface area contributed by atoms with Crippen LogP contribution in [0.3, 0.4) is 0 Å². The monoisotopic (exact) mass is 288 g/mol. The highest BCUT2D eigenvalue weighted by Gasteiger charge is 2.54. The van der Waals surface area contributed by atoms with Crippen LogP contribution >= 0.6 is 11.6 Å². The number of hydrogen-bond acceptors (Lipinski definition) is 3. The fourth-order valence-corrected chi connectivity index (χ4v) is 4.09. The molecule has 2 atom stereocenters. The third-order valence-electron chi connectivity index (χ3n) is 4.85. The van der Waals surface area contributed by atoms with Gasteiger partial charge >= 0.3 is 0 Å². The van der Waals surface area contributed by atoms with Crippen molar-refractivity contribution >= 4 is 17.4 Å². The van der Waals surface area contributed by atoms with Crippen LogP contribution in [-0.2, 0) is 0 Å². The molecule has 2 aliphatic rings. The van der Waals surface area contributed by atoms with Crippen molar-refractivity contribution in [1.29, 1.82) is 0 Å². The average Bonchev–Trinajstić information content (AvgIpc) is 3.08. The number of halogens is 1. The second-order valence-electron chi connectivity index (χ2n) is 5.92. The topological polar surface area (TPSA) is 52.0 Å². The number of rotatable bonds is 2. The van der Waals surface area contributed by atoms with E-state index in [-0.39, 0.29) is 0 Å². The van der Waals surface area contributed by atoms with Gasteiger partial charge < -0.3 is 10.3 Å². The Bertz CT molecular complexity index is 640. The standard InChI is InChI=1S/C16H17ClN2O/c17-12-8-4-3-7-11(12)14-15(20-19-16(14)18)13-9-5-1-2-6-10(9)13/h3-4,7-10,13H,1-2,5-6H2,(H2,18,19). The van der Waals surface area contributed by atoms with Crippen molar-refractivity contribution in [2.75, 3.05) is 5.73 Å². The van der Waals surface area contributed by atoms with E-state index in [9.17, 15) is 0 Å². The molecule has 2 fully saturated rings. The molecule has 0 amide bonds. The second-order valence-corrected chi connectivity index (χ2v) is 6.33. The number of anilines is 1. The summed E-state index contributed by atoms with van der Waals surface area (Å²) in [5, 5.41) is 4.70. The number of fused-ring (bicyclic) bond motifs is 1. The Kier molecular flexibility index (Phi) is 2.77. The van der Waals surface area contributed by atoms with Gasteiger partial charge in [0.25, 0.3) is 0 Å². The maximum absolute atomic E-state index is 6.31. The highest BCUT2D eigenvalue weighted by molar-refractivity contribution is 6.33. The van der Waals surface area contributed by atoms with E-state index >= 15 is 0 Å². The minimum absolute atomic E-state index is 0.455. The first kappa shape index (κ1) is 12.3. The minimum Gasteiger partial charge on any atom is -0.380 e. The summed E-state index contributed by atoms with van der Waals surface area (Å²) >= 11 is 6.31. The molecule has 0 bridgehead atoms. The molecule has 2 aliphatic carbocycles. The molecule has 3 nitrogen and oxygen atoms in total. The third-order valence-corrected chi connectivity index (χ3v) is 5.18. The maximum Gasteiger partial charge on any atom is 0.175 e. The van der Waals surface area contributed by atoms with Gasteiger partial charge in [-0.1, -0.05) is 47.8 Å². The third kappa shape index (κ3) is 1.76. The number of aromatic nitrogens is 1. The van der Waals surface area contributed by atoms with Crippen LogP contribution in [0.25, 0.3) is 11.1 Å². The van der Waals surface area contributed by atoms with Gasteiger partial charge in [0.15, 0.2) is 5.82 Å². The molecule has 104 valence electrons. The van der Waals surface area contributed by atoms with E-state index in [0.717, 1.165) is 28.7 Å². The van der Waals surface area contributed by atoms with E-state index in [4.69, 9.17) is 21.9 Å². The van der Waals surface area contributed by atoms with Crippen LogP contribution in [0.2, 0.25) is 5.02 Å². The molecule has 2 N–H and O–H groups in total. The van der Waals surface area contributed by atoms with Gasteiger partial charge in [0.2, 0.25) is 0 Å². The molecule has 1 heterocycles. The number of nitrogens with zero attached hydrogens (tertiary/aromatic N) is 1. The molecule has 2 aromatic rings. The normalized spacial score (nSPS) is 28.1. The summed E-state index contributed by atoms with van der Waals surface area (Å²) in [6, 6.07) is 7.76. The molecule has 0 saturated heterocycles. The zero-order valence-electron chi connectivity index (χ0n) is 11.2. The number of benzene rings is 1. The summed E-state index contributed by atoms with van der Waals surface area (Å²) in [6.07, 6.45) is 5.28. The van der Waals surface area contributed by atoms with Crippen LogP contribution in [-0.4, -0.2) is 5.16 Å². The fourth-order valence-electron chi connectivity index (χ4n) is 3.86. The van der Waals surface area contributed by atoms with E-state index in [1.54, 1.807) is 0 Å². The van der Waals surface area contributed by atoms with E-state index in [1.807, 2.05) is 24.3 Å². The van der Waals surface area contributed by atoms with Gasteiger partial charge in [0, 0.05) is 16.5 Å². The van der Waals surface area contributed by atoms with E-state index in [0.29, 0.717) is 16.8 Å². The van der Waals surface area contributed by atoms with E-state index in [2.05, 4.69) is 5.16 Å². The van der Waals surface area contributed by atoms with Crippen LogP contribution in [0.4, 0.5) is 5.82 Å².